The molecule has 0 unspecified atom stereocenters. The van der Waals surface area contributed by atoms with Crippen molar-refractivity contribution >= 4 is 46.2 Å². The number of rotatable bonds is 5. The highest BCUT2D eigenvalue weighted by Gasteiger charge is 2.17. The van der Waals surface area contributed by atoms with Gasteiger partial charge in [-0.3, -0.25) is 4.79 Å². The Kier molecular flexibility index (Phi) is 5.30. The highest BCUT2D eigenvalue weighted by atomic mass is 32.1. The molecule has 0 radical (unpaired) electrons. The molecule has 4 nitrogen and oxygen atoms in total. The molecule has 2 heterocycles. The van der Waals surface area contributed by atoms with Crippen LogP contribution >= 0.6 is 22.7 Å². The number of carbonyl (C=O) groups is 2. The van der Waals surface area contributed by atoms with Crippen LogP contribution in [0, 0.1) is 0 Å². The van der Waals surface area contributed by atoms with E-state index in [-0.39, 0.29) is 12.5 Å². The first kappa shape index (κ1) is 15.5. The number of hydrogen-bond donors (Lipinski definition) is 0. The highest BCUT2D eigenvalue weighted by molar-refractivity contribution is 7.12. The topological polar surface area (TPSA) is 46.6 Å². The normalized spacial score (nSPS) is 11.2. The number of likely N-dealkylation sites (N-methyl/N-ethyl adjacent to an activating group) is 1. The van der Waals surface area contributed by atoms with Crippen molar-refractivity contribution in [2.24, 2.45) is 0 Å². The van der Waals surface area contributed by atoms with Gasteiger partial charge < -0.3 is 9.64 Å². The van der Waals surface area contributed by atoms with Crippen molar-refractivity contribution in [1.29, 1.82) is 0 Å². The predicted octanol–water partition coefficient (Wildman–Crippen LogP) is 2.98. The van der Waals surface area contributed by atoms with Crippen LogP contribution in [0.5, 0.6) is 0 Å². The first-order chi connectivity index (χ1) is 10.1. The van der Waals surface area contributed by atoms with Crippen LogP contribution in [0.3, 0.4) is 0 Å². The summed E-state index contributed by atoms with van der Waals surface area (Å²) in [6, 6.07) is 7.58. The number of nitrogens with zero attached hydrogens (tertiary/aromatic N) is 1. The minimum atomic E-state index is -0.485. The Hall–Kier alpha value is -1.92. The lowest BCUT2D eigenvalue weighted by molar-refractivity contribution is -0.146. The van der Waals surface area contributed by atoms with Crippen LogP contribution in [-0.4, -0.2) is 37.5 Å². The Morgan fingerprint density at radius 3 is 2.48 bits per heavy atom. The fourth-order valence-electron chi connectivity index (χ4n) is 1.51. The molecule has 0 aliphatic rings. The third-order valence-corrected chi connectivity index (χ3v) is 4.38. The molecule has 21 heavy (non-hydrogen) atoms. The molecular formula is C15H15NO3S2. The average molecular weight is 321 g/mol. The van der Waals surface area contributed by atoms with E-state index in [0.717, 1.165) is 9.75 Å². The fraction of sp³-hybridized carbons (Fsp3) is 0.200. The van der Waals surface area contributed by atoms with E-state index in [1.54, 1.807) is 31.5 Å². The smallest absolute Gasteiger partial charge is 0.340 e. The van der Waals surface area contributed by atoms with Gasteiger partial charge in [0.25, 0.3) is 5.91 Å². The van der Waals surface area contributed by atoms with Gasteiger partial charge in [-0.25, -0.2) is 4.79 Å². The summed E-state index contributed by atoms with van der Waals surface area (Å²) in [6.45, 7) is -0.251. The first-order valence-corrected chi connectivity index (χ1v) is 8.00. The van der Waals surface area contributed by atoms with E-state index in [1.807, 2.05) is 35.0 Å². The van der Waals surface area contributed by atoms with Crippen LogP contribution in [0.1, 0.15) is 9.75 Å². The molecule has 0 atom stereocenters. The quantitative estimate of drug-likeness (QED) is 0.628. The SMILES string of the molecule is CN(C)C(=O)COC(=O)/C(=C/c1cccs1)c1cccs1. The van der Waals surface area contributed by atoms with Gasteiger partial charge in [0.2, 0.25) is 0 Å². The predicted molar refractivity (Wildman–Crippen MR) is 86.2 cm³/mol. The monoisotopic (exact) mass is 321 g/mol. The molecule has 2 aromatic heterocycles. The lowest BCUT2D eigenvalue weighted by Gasteiger charge is -2.11. The zero-order valence-corrected chi connectivity index (χ0v) is 13.4. The van der Waals surface area contributed by atoms with Crippen molar-refractivity contribution in [2.45, 2.75) is 0 Å². The van der Waals surface area contributed by atoms with Gasteiger partial charge in [-0.2, -0.15) is 0 Å². The lowest BCUT2D eigenvalue weighted by Crippen LogP contribution is -2.27. The Morgan fingerprint density at radius 1 is 1.19 bits per heavy atom. The largest absolute Gasteiger partial charge is 0.452 e. The lowest BCUT2D eigenvalue weighted by atomic mass is 10.2. The van der Waals surface area contributed by atoms with E-state index in [2.05, 4.69) is 0 Å². The molecule has 0 spiro atoms. The molecule has 0 saturated carbocycles. The molecule has 0 fully saturated rings. The minimum absolute atomic E-state index is 0.245. The third-order valence-electron chi connectivity index (χ3n) is 2.66. The number of thiophene rings is 2. The van der Waals surface area contributed by atoms with Crippen molar-refractivity contribution in [1.82, 2.24) is 4.90 Å². The standard InChI is InChI=1S/C15H15NO3S2/c1-16(2)14(17)10-19-15(18)12(13-6-4-8-21-13)9-11-5-3-7-20-11/h3-9H,10H2,1-2H3/b12-9+. The molecule has 0 aliphatic heterocycles. The molecule has 0 aromatic carbocycles. The van der Waals surface area contributed by atoms with E-state index in [1.165, 1.54) is 16.2 Å². The molecule has 0 bridgehead atoms. The summed E-state index contributed by atoms with van der Waals surface area (Å²) in [5, 5.41) is 3.84. The molecule has 0 aliphatic carbocycles. The maximum atomic E-state index is 12.2. The maximum Gasteiger partial charge on any atom is 0.340 e. The van der Waals surface area contributed by atoms with E-state index < -0.39 is 5.97 Å². The number of carbonyl (C=O) groups excluding carboxylic acids is 2. The third kappa shape index (κ3) is 4.27. The summed E-state index contributed by atoms with van der Waals surface area (Å²) in [6.07, 6.45) is 1.79. The number of ether oxygens (including phenoxy) is 1. The Bertz CT molecular complexity index is 628. The molecule has 1 amide bonds. The fourth-order valence-corrected chi connectivity index (χ4v) is 2.90. The highest BCUT2D eigenvalue weighted by Crippen LogP contribution is 2.25. The second-order valence-corrected chi connectivity index (χ2v) is 6.34. The maximum absolute atomic E-state index is 12.2. The van der Waals surface area contributed by atoms with Crippen LogP contribution in [0.4, 0.5) is 0 Å². The summed E-state index contributed by atoms with van der Waals surface area (Å²) >= 11 is 3.00. The van der Waals surface area contributed by atoms with Gasteiger partial charge in [-0.1, -0.05) is 12.1 Å². The Balaban J connectivity index is 2.17. The van der Waals surface area contributed by atoms with Crippen LogP contribution in [-0.2, 0) is 14.3 Å². The zero-order chi connectivity index (χ0) is 15.2. The molecule has 2 rings (SSSR count). The number of hydrogen-bond acceptors (Lipinski definition) is 5. The van der Waals surface area contributed by atoms with Crippen molar-refractivity contribution < 1.29 is 14.3 Å². The molecule has 110 valence electrons. The van der Waals surface area contributed by atoms with Crippen LogP contribution < -0.4 is 0 Å². The van der Waals surface area contributed by atoms with Gasteiger partial charge in [0.1, 0.15) is 0 Å². The van der Waals surface area contributed by atoms with E-state index in [0.29, 0.717) is 5.57 Å². The van der Waals surface area contributed by atoms with Crippen molar-refractivity contribution in [3.63, 3.8) is 0 Å². The van der Waals surface area contributed by atoms with Crippen LogP contribution in [0.2, 0.25) is 0 Å². The van der Waals surface area contributed by atoms with Gasteiger partial charge in [-0.15, -0.1) is 22.7 Å². The number of amides is 1. The number of esters is 1. The van der Waals surface area contributed by atoms with E-state index >= 15 is 0 Å². The van der Waals surface area contributed by atoms with Gasteiger partial charge >= 0.3 is 5.97 Å². The van der Waals surface area contributed by atoms with Crippen LogP contribution in [0.15, 0.2) is 35.0 Å². The van der Waals surface area contributed by atoms with E-state index in [4.69, 9.17) is 4.74 Å². The zero-order valence-electron chi connectivity index (χ0n) is 11.7. The summed E-state index contributed by atoms with van der Waals surface area (Å²) in [5.74, 6) is -0.731. The van der Waals surface area contributed by atoms with Crippen molar-refractivity contribution in [3.8, 4) is 0 Å². The summed E-state index contributed by atoms with van der Waals surface area (Å²) < 4.78 is 5.11. The van der Waals surface area contributed by atoms with Gasteiger partial charge in [-0.05, 0) is 29.0 Å². The first-order valence-electron chi connectivity index (χ1n) is 6.24. The Morgan fingerprint density at radius 2 is 1.90 bits per heavy atom. The van der Waals surface area contributed by atoms with Crippen molar-refractivity contribution in [2.75, 3.05) is 20.7 Å². The summed E-state index contributed by atoms with van der Waals surface area (Å²) in [7, 11) is 3.25. The second-order valence-electron chi connectivity index (χ2n) is 4.42. The van der Waals surface area contributed by atoms with Gasteiger partial charge in [0.05, 0.1) is 5.57 Å². The molecular weight excluding hydrogens is 306 g/mol. The summed E-state index contributed by atoms with van der Waals surface area (Å²) in [4.78, 5) is 26.9. The van der Waals surface area contributed by atoms with E-state index in [9.17, 15) is 9.59 Å². The molecule has 2 aromatic rings. The minimum Gasteiger partial charge on any atom is -0.452 e. The average Bonchev–Trinajstić information content (AvgIpc) is 3.14. The summed E-state index contributed by atoms with van der Waals surface area (Å²) in [5.41, 5.74) is 0.471. The Labute approximate surface area is 131 Å². The molecule has 0 N–H and O–H groups in total. The van der Waals surface area contributed by atoms with Gasteiger partial charge in [0.15, 0.2) is 6.61 Å². The van der Waals surface area contributed by atoms with Crippen molar-refractivity contribution in [3.05, 3.63) is 44.8 Å². The molecule has 6 heteroatoms. The van der Waals surface area contributed by atoms with Crippen LogP contribution in [0.25, 0.3) is 11.6 Å². The second kappa shape index (κ2) is 7.19. The molecule has 0 saturated heterocycles. The van der Waals surface area contributed by atoms with Gasteiger partial charge in [0, 0.05) is 23.8 Å².